The molecule has 3 heteroatoms. The van der Waals surface area contributed by atoms with Gasteiger partial charge < -0.3 is 4.74 Å². The minimum absolute atomic E-state index is 0.476. The first kappa shape index (κ1) is 8.83. The molecule has 0 aromatic rings. The Balaban J connectivity index is 2.41. The smallest absolute Gasteiger partial charge is 0.154 e. The molecule has 1 aliphatic carbocycles. The lowest BCUT2D eigenvalue weighted by Gasteiger charge is -2.19. The van der Waals surface area contributed by atoms with E-state index in [1.807, 2.05) is 0 Å². The van der Waals surface area contributed by atoms with Crippen LogP contribution in [0.5, 0.6) is 0 Å². The predicted molar refractivity (Wildman–Crippen MR) is 43.5 cm³/mol. The molecular formula is C8H12ClNO. The first-order valence-electron chi connectivity index (χ1n) is 3.94. The highest BCUT2D eigenvalue weighted by Gasteiger charge is 2.34. The Labute approximate surface area is 72.1 Å². The van der Waals surface area contributed by atoms with Crippen molar-refractivity contribution in [2.75, 3.05) is 12.5 Å². The van der Waals surface area contributed by atoms with Gasteiger partial charge in [-0.2, -0.15) is 5.26 Å². The topological polar surface area (TPSA) is 33.0 Å². The van der Waals surface area contributed by atoms with Crippen molar-refractivity contribution in [3.05, 3.63) is 0 Å². The SMILES string of the molecule is N#CC1(OCCCl)CCCC1. The van der Waals surface area contributed by atoms with Crippen LogP contribution in [0, 0.1) is 11.3 Å². The molecule has 0 unspecified atom stereocenters. The molecule has 1 aliphatic rings. The van der Waals surface area contributed by atoms with Crippen LogP contribution in [0.15, 0.2) is 0 Å². The summed E-state index contributed by atoms with van der Waals surface area (Å²) in [5.41, 5.74) is -0.491. The summed E-state index contributed by atoms with van der Waals surface area (Å²) in [5, 5.41) is 8.83. The van der Waals surface area contributed by atoms with Crippen LogP contribution < -0.4 is 0 Å². The highest BCUT2D eigenvalue weighted by molar-refractivity contribution is 6.17. The van der Waals surface area contributed by atoms with Gasteiger partial charge >= 0.3 is 0 Å². The van der Waals surface area contributed by atoms with Crippen molar-refractivity contribution in [1.82, 2.24) is 0 Å². The average molecular weight is 174 g/mol. The van der Waals surface area contributed by atoms with Crippen molar-refractivity contribution >= 4 is 11.6 Å². The summed E-state index contributed by atoms with van der Waals surface area (Å²) in [5.74, 6) is 0.476. The number of nitrogens with zero attached hydrogens (tertiary/aromatic N) is 1. The number of ether oxygens (including phenoxy) is 1. The molecule has 0 bridgehead atoms. The van der Waals surface area contributed by atoms with Gasteiger partial charge in [0, 0.05) is 5.88 Å². The average Bonchev–Trinajstić information content (AvgIpc) is 2.50. The Morgan fingerprint density at radius 3 is 2.55 bits per heavy atom. The molecule has 1 fully saturated rings. The highest BCUT2D eigenvalue weighted by atomic mass is 35.5. The molecule has 0 aromatic carbocycles. The van der Waals surface area contributed by atoms with Gasteiger partial charge in [0.2, 0.25) is 0 Å². The van der Waals surface area contributed by atoms with Gasteiger partial charge in [-0.05, 0) is 25.7 Å². The molecule has 1 rings (SSSR count). The Morgan fingerprint density at radius 1 is 1.45 bits per heavy atom. The molecule has 0 spiro atoms. The molecule has 0 saturated heterocycles. The summed E-state index contributed by atoms with van der Waals surface area (Å²) in [6, 6.07) is 2.23. The van der Waals surface area contributed by atoms with Crippen LogP contribution in [-0.4, -0.2) is 18.1 Å². The summed E-state index contributed by atoms with van der Waals surface area (Å²) in [7, 11) is 0. The number of hydrogen-bond donors (Lipinski definition) is 0. The van der Waals surface area contributed by atoms with Crippen molar-refractivity contribution in [3.8, 4) is 6.07 Å². The molecule has 62 valence electrons. The van der Waals surface area contributed by atoms with Crippen LogP contribution in [0.2, 0.25) is 0 Å². The zero-order chi connectivity index (χ0) is 8.16. The number of alkyl halides is 1. The molecule has 2 nitrogen and oxygen atoms in total. The van der Waals surface area contributed by atoms with E-state index < -0.39 is 5.60 Å². The van der Waals surface area contributed by atoms with Crippen molar-refractivity contribution in [2.45, 2.75) is 31.3 Å². The van der Waals surface area contributed by atoms with Gasteiger partial charge in [0.05, 0.1) is 12.7 Å². The zero-order valence-electron chi connectivity index (χ0n) is 6.48. The molecule has 0 radical (unpaired) electrons. The molecule has 0 atom stereocenters. The lowest BCUT2D eigenvalue weighted by atomic mass is 10.1. The summed E-state index contributed by atoms with van der Waals surface area (Å²) >= 11 is 5.46. The number of halogens is 1. The molecule has 0 aromatic heterocycles. The molecule has 0 amide bonds. The molecule has 0 N–H and O–H groups in total. The second kappa shape index (κ2) is 3.94. The summed E-state index contributed by atoms with van der Waals surface area (Å²) in [6.45, 7) is 0.495. The van der Waals surface area contributed by atoms with Crippen molar-refractivity contribution < 1.29 is 4.74 Å². The lowest BCUT2D eigenvalue weighted by molar-refractivity contribution is 0.0122. The molecule has 11 heavy (non-hydrogen) atoms. The Kier molecular flexibility index (Phi) is 3.16. The fourth-order valence-corrected chi connectivity index (χ4v) is 1.55. The summed E-state index contributed by atoms with van der Waals surface area (Å²) in [6.07, 6.45) is 3.96. The van der Waals surface area contributed by atoms with E-state index in [9.17, 15) is 0 Å². The van der Waals surface area contributed by atoms with E-state index in [4.69, 9.17) is 21.6 Å². The fraction of sp³-hybridized carbons (Fsp3) is 0.875. The summed E-state index contributed by atoms with van der Waals surface area (Å²) < 4.78 is 5.40. The van der Waals surface area contributed by atoms with Crippen molar-refractivity contribution in [2.24, 2.45) is 0 Å². The van der Waals surface area contributed by atoms with Crippen LogP contribution in [0.4, 0.5) is 0 Å². The molecule has 0 aliphatic heterocycles. The second-order valence-electron chi connectivity index (χ2n) is 2.85. The van der Waals surface area contributed by atoms with E-state index >= 15 is 0 Å². The van der Waals surface area contributed by atoms with Crippen LogP contribution in [-0.2, 0) is 4.74 Å². The van der Waals surface area contributed by atoms with E-state index in [0.29, 0.717) is 12.5 Å². The van der Waals surface area contributed by atoms with Gasteiger partial charge in [0.15, 0.2) is 5.60 Å². The van der Waals surface area contributed by atoms with Gasteiger partial charge in [0.1, 0.15) is 0 Å². The highest BCUT2D eigenvalue weighted by Crippen LogP contribution is 2.32. The fourth-order valence-electron chi connectivity index (χ4n) is 1.47. The third-order valence-electron chi connectivity index (χ3n) is 2.07. The van der Waals surface area contributed by atoms with E-state index in [-0.39, 0.29) is 0 Å². The third kappa shape index (κ3) is 2.08. The van der Waals surface area contributed by atoms with E-state index in [1.165, 1.54) is 0 Å². The zero-order valence-corrected chi connectivity index (χ0v) is 7.23. The van der Waals surface area contributed by atoms with Gasteiger partial charge in [-0.15, -0.1) is 11.6 Å². The van der Waals surface area contributed by atoms with Crippen LogP contribution in [0.25, 0.3) is 0 Å². The van der Waals surface area contributed by atoms with Crippen molar-refractivity contribution in [3.63, 3.8) is 0 Å². The predicted octanol–water partition coefficient (Wildman–Crippen LogP) is 2.08. The van der Waals surface area contributed by atoms with Gasteiger partial charge in [0.25, 0.3) is 0 Å². The maximum atomic E-state index is 8.83. The Morgan fingerprint density at radius 2 is 2.09 bits per heavy atom. The number of hydrogen-bond acceptors (Lipinski definition) is 2. The first-order valence-corrected chi connectivity index (χ1v) is 4.48. The van der Waals surface area contributed by atoms with Crippen LogP contribution in [0.3, 0.4) is 0 Å². The van der Waals surface area contributed by atoms with Gasteiger partial charge in [-0.3, -0.25) is 0 Å². The van der Waals surface area contributed by atoms with Gasteiger partial charge in [-0.25, -0.2) is 0 Å². The van der Waals surface area contributed by atoms with Gasteiger partial charge in [-0.1, -0.05) is 0 Å². The lowest BCUT2D eigenvalue weighted by Crippen LogP contribution is -2.27. The van der Waals surface area contributed by atoms with E-state index in [0.717, 1.165) is 25.7 Å². The van der Waals surface area contributed by atoms with Crippen LogP contribution >= 0.6 is 11.6 Å². The monoisotopic (exact) mass is 173 g/mol. The molecular weight excluding hydrogens is 162 g/mol. The van der Waals surface area contributed by atoms with Crippen molar-refractivity contribution in [1.29, 1.82) is 5.26 Å². The maximum Gasteiger partial charge on any atom is 0.154 e. The molecule has 0 heterocycles. The van der Waals surface area contributed by atoms with E-state index in [2.05, 4.69) is 6.07 Å². The quantitative estimate of drug-likeness (QED) is 0.613. The maximum absolute atomic E-state index is 8.83. The standard InChI is InChI=1S/C8H12ClNO/c9-5-6-11-8(7-10)3-1-2-4-8/h1-6H2. The molecule has 1 saturated carbocycles. The van der Waals surface area contributed by atoms with Crippen LogP contribution in [0.1, 0.15) is 25.7 Å². The van der Waals surface area contributed by atoms with E-state index in [1.54, 1.807) is 0 Å². The normalized spacial score (nSPS) is 21.5. The largest absolute Gasteiger partial charge is 0.359 e. The minimum Gasteiger partial charge on any atom is -0.359 e. The number of rotatable bonds is 3. The third-order valence-corrected chi connectivity index (χ3v) is 2.22. The first-order chi connectivity index (χ1) is 5.33. The Hall–Kier alpha value is -0.260. The minimum atomic E-state index is -0.491. The summed E-state index contributed by atoms with van der Waals surface area (Å²) in [4.78, 5) is 0. The second-order valence-corrected chi connectivity index (χ2v) is 3.23. The Bertz CT molecular complexity index is 158. The number of nitriles is 1.